The Labute approximate surface area is 119 Å². The third-order valence-corrected chi connectivity index (χ3v) is 3.59. The molecular weight excluding hydrogens is 284 g/mol. The molecule has 0 fully saturated rings. The predicted octanol–water partition coefficient (Wildman–Crippen LogP) is 1.99. The Bertz CT molecular complexity index is 503. The zero-order valence-electron chi connectivity index (χ0n) is 10.7. The zero-order chi connectivity index (χ0) is 15.1. The van der Waals surface area contributed by atoms with E-state index in [-0.39, 0.29) is 17.3 Å². The number of hydrogen-bond acceptors (Lipinski definition) is 5. The topological polar surface area (TPSA) is 110 Å². The number of carboxylic acid groups (broad SMARTS) is 1. The van der Waals surface area contributed by atoms with Gasteiger partial charge in [-0.2, -0.15) is 11.8 Å². The number of anilines is 1. The number of rotatable bonds is 7. The van der Waals surface area contributed by atoms with Crippen molar-refractivity contribution in [3.8, 4) is 0 Å². The molecule has 0 aliphatic rings. The number of nitrogens with one attached hydrogen (secondary N) is 1. The molecule has 0 saturated heterocycles. The molecule has 2 N–H and O–H groups in total. The Morgan fingerprint density at radius 2 is 2.00 bits per heavy atom. The summed E-state index contributed by atoms with van der Waals surface area (Å²) in [7, 11) is 0. The number of aliphatic carboxylic acids is 1. The van der Waals surface area contributed by atoms with Gasteiger partial charge in [-0.05, 0) is 12.1 Å². The van der Waals surface area contributed by atoms with Crippen LogP contribution in [0.5, 0.6) is 0 Å². The van der Waals surface area contributed by atoms with Crippen molar-refractivity contribution in [2.45, 2.75) is 6.92 Å². The summed E-state index contributed by atoms with van der Waals surface area (Å²) in [4.78, 5) is 32.1. The lowest BCUT2D eigenvalue weighted by Crippen LogP contribution is -2.17. The van der Waals surface area contributed by atoms with Gasteiger partial charge in [0.05, 0.1) is 16.6 Å². The highest BCUT2D eigenvalue weighted by Gasteiger charge is 2.12. The first kappa shape index (κ1) is 16.0. The van der Waals surface area contributed by atoms with Crippen LogP contribution in [0.3, 0.4) is 0 Å². The summed E-state index contributed by atoms with van der Waals surface area (Å²) in [5, 5.41) is 21.7. The normalized spacial score (nSPS) is 11.7. The third kappa shape index (κ3) is 5.27. The molecule has 1 amide bonds. The number of carboxylic acids is 1. The quantitative estimate of drug-likeness (QED) is 0.588. The third-order valence-electron chi connectivity index (χ3n) is 2.38. The summed E-state index contributed by atoms with van der Waals surface area (Å²) in [6.07, 6.45) is 0. The van der Waals surface area contributed by atoms with Crippen LogP contribution in [-0.2, 0) is 9.59 Å². The Hall–Kier alpha value is -2.09. The SMILES string of the molecule is CC(CSCC(=O)Nc1ccc([N+](=O)[O-])cc1)C(=O)O. The van der Waals surface area contributed by atoms with E-state index in [0.717, 1.165) is 0 Å². The Morgan fingerprint density at radius 3 is 2.50 bits per heavy atom. The zero-order valence-corrected chi connectivity index (χ0v) is 11.6. The number of non-ortho nitro benzene ring substituents is 1. The summed E-state index contributed by atoms with van der Waals surface area (Å²) in [6, 6.07) is 5.49. The molecule has 0 radical (unpaired) electrons. The van der Waals surface area contributed by atoms with Crippen LogP contribution in [0.15, 0.2) is 24.3 Å². The lowest BCUT2D eigenvalue weighted by atomic mass is 10.2. The average Bonchev–Trinajstić information content (AvgIpc) is 2.39. The van der Waals surface area contributed by atoms with Crippen molar-refractivity contribution in [2.24, 2.45) is 5.92 Å². The number of benzene rings is 1. The van der Waals surface area contributed by atoms with Crippen LogP contribution in [0.2, 0.25) is 0 Å². The summed E-state index contributed by atoms with van der Waals surface area (Å²) in [5.74, 6) is -1.20. The van der Waals surface area contributed by atoms with E-state index >= 15 is 0 Å². The van der Waals surface area contributed by atoms with E-state index < -0.39 is 16.8 Å². The van der Waals surface area contributed by atoms with E-state index in [1.54, 1.807) is 6.92 Å². The molecule has 0 aliphatic carbocycles. The first-order valence-electron chi connectivity index (χ1n) is 5.75. The van der Waals surface area contributed by atoms with E-state index in [1.165, 1.54) is 36.0 Å². The Kier molecular flexibility index (Phi) is 5.98. The van der Waals surface area contributed by atoms with Crippen molar-refractivity contribution in [3.63, 3.8) is 0 Å². The highest BCUT2D eigenvalue weighted by Crippen LogP contribution is 2.16. The minimum absolute atomic E-state index is 0.0485. The minimum Gasteiger partial charge on any atom is -0.481 e. The van der Waals surface area contributed by atoms with Crippen LogP contribution in [-0.4, -0.2) is 33.4 Å². The van der Waals surface area contributed by atoms with Gasteiger partial charge in [0, 0.05) is 23.6 Å². The van der Waals surface area contributed by atoms with Gasteiger partial charge in [-0.3, -0.25) is 19.7 Å². The van der Waals surface area contributed by atoms with Gasteiger partial charge < -0.3 is 10.4 Å². The maximum absolute atomic E-state index is 11.6. The number of nitro groups is 1. The van der Waals surface area contributed by atoms with Gasteiger partial charge in [0.2, 0.25) is 5.91 Å². The van der Waals surface area contributed by atoms with Gasteiger partial charge in [0.25, 0.3) is 5.69 Å². The van der Waals surface area contributed by atoms with Gasteiger partial charge in [-0.1, -0.05) is 6.92 Å². The molecule has 1 rings (SSSR count). The number of hydrogen-bond donors (Lipinski definition) is 2. The Balaban J connectivity index is 2.39. The second-order valence-corrected chi connectivity index (χ2v) is 5.14. The lowest BCUT2D eigenvalue weighted by molar-refractivity contribution is -0.384. The van der Waals surface area contributed by atoms with Crippen molar-refractivity contribution in [3.05, 3.63) is 34.4 Å². The molecule has 0 aromatic heterocycles. The molecule has 0 heterocycles. The monoisotopic (exact) mass is 298 g/mol. The van der Waals surface area contributed by atoms with Crippen LogP contribution >= 0.6 is 11.8 Å². The first-order valence-corrected chi connectivity index (χ1v) is 6.90. The van der Waals surface area contributed by atoms with Gasteiger partial charge in [0.15, 0.2) is 0 Å². The molecule has 0 bridgehead atoms. The second kappa shape index (κ2) is 7.49. The molecule has 1 unspecified atom stereocenters. The summed E-state index contributed by atoms with van der Waals surface area (Å²) in [5.41, 5.74) is 0.417. The molecule has 7 nitrogen and oxygen atoms in total. The number of carbonyl (C=O) groups excluding carboxylic acids is 1. The van der Waals surface area contributed by atoms with Crippen molar-refractivity contribution >= 4 is 35.0 Å². The Morgan fingerprint density at radius 1 is 1.40 bits per heavy atom. The number of carbonyl (C=O) groups is 2. The van der Waals surface area contributed by atoms with Gasteiger partial charge in [0.1, 0.15) is 0 Å². The molecule has 1 aromatic rings. The average molecular weight is 298 g/mol. The summed E-state index contributed by atoms with van der Waals surface area (Å²) in [6.45, 7) is 1.57. The van der Waals surface area contributed by atoms with Crippen LogP contribution in [0, 0.1) is 16.0 Å². The summed E-state index contributed by atoms with van der Waals surface area (Å²) >= 11 is 1.22. The van der Waals surface area contributed by atoms with Crippen LogP contribution in [0.1, 0.15) is 6.92 Å². The number of nitrogens with zero attached hydrogens (tertiary/aromatic N) is 1. The fraction of sp³-hybridized carbons (Fsp3) is 0.333. The minimum atomic E-state index is -0.895. The molecule has 20 heavy (non-hydrogen) atoms. The van der Waals surface area contributed by atoms with Gasteiger partial charge >= 0.3 is 5.97 Å². The molecular formula is C12H14N2O5S. The number of amides is 1. The second-order valence-electron chi connectivity index (χ2n) is 4.11. The lowest BCUT2D eigenvalue weighted by Gasteiger charge is -2.07. The van der Waals surface area contributed by atoms with Crippen LogP contribution in [0.25, 0.3) is 0 Å². The van der Waals surface area contributed by atoms with Crippen LogP contribution in [0.4, 0.5) is 11.4 Å². The smallest absolute Gasteiger partial charge is 0.307 e. The number of nitro benzene ring substituents is 1. The molecule has 8 heteroatoms. The fourth-order valence-electron chi connectivity index (χ4n) is 1.26. The molecule has 0 aliphatic heterocycles. The van der Waals surface area contributed by atoms with E-state index in [2.05, 4.69) is 5.32 Å². The fourth-order valence-corrected chi connectivity index (χ4v) is 2.13. The maximum Gasteiger partial charge on any atom is 0.307 e. The first-order chi connectivity index (χ1) is 9.40. The van der Waals surface area contributed by atoms with E-state index in [9.17, 15) is 19.7 Å². The molecule has 0 saturated carbocycles. The van der Waals surface area contributed by atoms with Crippen molar-refractivity contribution in [1.29, 1.82) is 0 Å². The van der Waals surface area contributed by atoms with Gasteiger partial charge in [-0.15, -0.1) is 0 Å². The largest absolute Gasteiger partial charge is 0.481 e. The van der Waals surface area contributed by atoms with E-state index in [0.29, 0.717) is 11.4 Å². The van der Waals surface area contributed by atoms with Crippen LogP contribution < -0.4 is 5.32 Å². The standard InChI is InChI=1S/C12H14N2O5S/c1-8(12(16)17)6-20-7-11(15)13-9-2-4-10(5-3-9)14(18)19/h2-5,8H,6-7H2,1H3,(H,13,15)(H,16,17). The highest BCUT2D eigenvalue weighted by molar-refractivity contribution is 8.00. The maximum atomic E-state index is 11.6. The van der Waals surface area contributed by atoms with E-state index in [1.807, 2.05) is 0 Å². The molecule has 1 atom stereocenters. The number of thioether (sulfide) groups is 1. The van der Waals surface area contributed by atoms with Gasteiger partial charge in [-0.25, -0.2) is 0 Å². The predicted molar refractivity (Wildman–Crippen MR) is 75.9 cm³/mol. The van der Waals surface area contributed by atoms with Crippen molar-refractivity contribution < 1.29 is 19.6 Å². The van der Waals surface area contributed by atoms with Crippen molar-refractivity contribution in [1.82, 2.24) is 0 Å². The summed E-state index contributed by atoms with van der Waals surface area (Å²) < 4.78 is 0. The molecule has 0 spiro atoms. The molecule has 1 aromatic carbocycles. The van der Waals surface area contributed by atoms with E-state index in [4.69, 9.17) is 5.11 Å². The van der Waals surface area contributed by atoms with Crippen molar-refractivity contribution in [2.75, 3.05) is 16.8 Å². The molecule has 108 valence electrons. The highest BCUT2D eigenvalue weighted by atomic mass is 32.2.